The second-order valence-corrected chi connectivity index (χ2v) is 6.00. The average molecular weight is 342 g/mol. The van der Waals surface area contributed by atoms with Gasteiger partial charge in [-0.05, 0) is 42.5 Å². The molecule has 0 saturated carbocycles. The van der Waals surface area contributed by atoms with Gasteiger partial charge in [0.1, 0.15) is 5.75 Å². The van der Waals surface area contributed by atoms with Gasteiger partial charge in [0.25, 0.3) is 0 Å². The van der Waals surface area contributed by atoms with Crippen LogP contribution >= 0.6 is 35.0 Å². The van der Waals surface area contributed by atoms with E-state index in [-0.39, 0.29) is 11.7 Å². The molecule has 0 aromatic heterocycles. The maximum Gasteiger partial charge on any atom is 0.234 e. The van der Waals surface area contributed by atoms with Crippen molar-refractivity contribution in [1.29, 1.82) is 0 Å². The van der Waals surface area contributed by atoms with Crippen LogP contribution in [0.1, 0.15) is 0 Å². The molecule has 0 spiro atoms. The van der Waals surface area contributed by atoms with Crippen molar-refractivity contribution in [2.45, 2.75) is 4.90 Å². The van der Waals surface area contributed by atoms with E-state index in [4.69, 9.17) is 27.9 Å². The monoisotopic (exact) mass is 341 g/mol. The lowest BCUT2D eigenvalue weighted by atomic mass is 10.3. The molecule has 1 amide bonds. The number of thioether (sulfide) groups is 1. The van der Waals surface area contributed by atoms with Crippen LogP contribution in [0.4, 0.5) is 5.69 Å². The van der Waals surface area contributed by atoms with Gasteiger partial charge in [-0.15, -0.1) is 11.8 Å². The van der Waals surface area contributed by atoms with E-state index < -0.39 is 0 Å². The van der Waals surface area contributed by atoms with Crippen molar-refractivity contribution in [2.75, 3.05) is 18.2 Å². The first-order valence-electron chi connectivity index (χ1n) is 6.10. The summed E-state index contributed by atoms with van der Waals surface area (Å²) >= 11 is 13.3. The fourth-order valence-corrected chi connectivity index (χ4v) is 2.90. The predicted octanol–water partition coefficient (Wildman–Crippen LogP) is 4.73. The zero-order valence-corrected chi connectivity index (χ0v) is 13.6. The van der Waals surface area contributed by atoms with Crippen LogP contribution in [0.5, 0.6) is 5.75 Å². The van der Waals surface area contributed by atoms with Crippen LogP contribution in [0.3, 0.4) is 0 Å². The molecule has 3 nitrogen and oxygen atoms in total. The Labute approximate surface area is 137 Å². The van der Waals surface area contributed by atoms with Crippen molar-refractivity contribution in [1.82, 2.24) is 0 Å². The quantitative estimate of drug-likeness (QED) is 0.798. The van der Waals surface area contributed by atoms with E-state index in [2.05, 4.69) is 5.32 Å². The minimum Gasteiger partial charge on any atom is -0.497 e. The van der Waals surface area contributed by atoms with Gasteiger partial charge in [-0.2, -0.15) is 0 Å². The van der Waals surface area contributed by atoms with Crippen molar-refractivity contribution in [3.05, 3.63) is 52.5 Å². The lowest BCUT2D eigenvalue weighted by Gasteiger charge is -2.07. The van der Waals surface area contributed by atoms with Crippen LogP contribution in [-0.2, 0) is 4.79 Å². The van der Waals surface area contributed by atoms with Gasteiger partial charge in [0, 0.05) is 15.6 Å². The molecule has 110 valence electrons. The molecule has 0 unspecified atom stereocenters. The number of halogens is 2. The highest BCUT2D eigenvalue weighted by Crippen LogP contribution is 2.29. The molecule has 0 aliphatic rings. The van der Waals surface area contributed by atoms with Crippen LogP contribution in [0.25, 0.3) is 0 Å². The average Bonchev–Trinajstić information content (AvgIpc) is 2.49. The molecule has 2 rings (SSSR count). The number of carbonyl (C=O) groups is 1. The molecule has 0 aliphatic heterocycles. The van der Waals surface area contributed by atoms with Crippen LogP contribution in [0.15, 0.2) is 47.4 Å². The van der Waals surface area contributed by atoms with E-state index in [9.17, 15) is 4.79 Å². The van der Waals surface area contributed by atoms with Crippen LogP contribution < -0.4 is 10.1 Å². The van der Waals surface area contributed by atoms with E-state index in [0.29, 0.717) is 10.0 Å². The van der Waals surface area contributed by atoms with E-state index in [0.717, 1.165) is 16.3 Å². The largest absolute Gasteiger partial charge is 0.497 e. The minimum atomic E-state index is -0.110. The summed E-state index contributed by atoms with van der Waals surface area (Å²) in [5.74, 6) is 0.890. The maximum absolute atomic E-state index is 11.9. The number of benzene rings is 2. The molecule has 0 atom stereocenters. The van der Waals surface area contributed by atoms with Gasteiger partial charge in [0.2, 0.25) is 5.91 Å². The van der Waals surface area contributed by atoms with Gasteiger partial charge in [0.05, 0.1) is 17.9 Å². The van der Waals surface area contributed by atoms with Gasteiger partial charge in [-0.1, -0.05) is 23.2 Å². The Morgan fingerprint density at radius 1 is 1.19 bits per heavy atom. The molecule has 6 heteroatoms. The Morgan fingerprint density at radius 2 is 1.90 bits per heavy atom. The smallest absolute Gasteiger partial charge is 0.234 e. The first-order chi connectivity index (χ1) is 10.1. The molecule has 1 N–H and O–H groups in total. The third kappa shape index (κ3) is 4.84. The lowest BCUT2D eigenvalue weighted by molar-refractivity contribution is -0.113. The second kappa shape index (κ2) is 7.59. The summed E-state index contributed by atoms with van der Waals surface area (Å²) in [7, 11) is 1.60. The molecule has 0 aliphatic carbocycles. The van der Waals surface area contributed by atoms with E-state index >= 15 is 0 Å². The standard InChI is InChI=1S/C15H13Cl2NO2S/c1-20-12-5-3-11(4-6-12)18-15(19)9-21-14-8-10(16)2-7-13(14)17/h2-8H,9H2,1H3,(H,18,19). The topological polar surface area (TPSA) is 38.3 Å². The molecule has 0 bridgehead atoms. The van der Waals surface area contributed by atoms with Crippen molar-refractivity contribution < 1.29 is 9.53 Å². The number of hydrogen-bond donors (Lipinski definition) is 1. The summed E-state index contributed by atoms with van der Waals surface area (Å²) in [6.45, 7) is 0. The Kier molecular flexibility index (Phi) is 5.79. The number of amides is 1. The molecular weight excluding hydrogens is 329 g/mol. The number of rotatable bonds is 5. The molecule has 0 radical (unpaired) electrons. The minimum absolute atomic E-state index is 0.110. The number of nitrogens with one attached hydrogen (secondary N) is 1. The van der Waals surface area contributed by atoms with Gasteiger partial charge in [-0.25, -0.2) is 0 Å². The second-order valence-electron chi connectivity index (χ2n) is 4.14. The van der Waals surface area contributed by atoms with E-state index in [1.807, 2.05) is 0 Å². The van der Waals surface area contributed by atoms with Gasteiger partial charge >= 0.3 is 0 Å². The fourth-order valence-electron chi connectivity index (χ4n) is 1.60. The zero-order valence-electron chi connectivity index (χ0n) is 11.2. The molecule has 2 aromatic rings. The molecule has 0 saturated heterocycles. The third-order valence-corrected chi connectivity index (χ3v) is 4.36. The lowest BCUT2D eigenvalue weighted by Crippen LogP contribution is -2.13. The van der Waals surface area contributed by atoms with Crippen LogP contribution in [0.2, 0.25) is 10.0 Å². The molecule has 21 heavy (non-hydrogen) atoms. The van der Waals surface area contributed by atoms with E-state index in [1.165, 1.54) is 11.8 Å². The molecule has 2 aromatic carbocycles. The summed E-state index contributed by atoms with van der Waals surface area (Å²) in [4.78, 5) is 12.7. The summed E-state index contributed by atoms with van der Waals surface area (Å²) in [5, 5.41) is 3.99. The number of anilines is 1. The Bertz CT molecular complexity index is 632. The first-order valence-corrected chi connectivity index (χ1v) is 7.84. The number of carbonyl (C=O) groups excluding carboxylic acids is 1. The zero-order chi connectivity index (χ0) is 15.2. The highest BCUT2D eigenvalue weighted by molar-refractivity contribution is 8.00. The van der Waals surface area contributed by atoms with Crippen molar-refractivity contribution >= 4 is 46.6 Å². The number of methoxy groups -OCH3 is 1. The SMILES string of the molecule is COc1ccc(NC(=O)CSc2cc(Cl)ccc2Cl)cc1. The summed E-state index contributed by atoms with van der Waals surface area (Å²) in [6, 6.07) is 12.3. The van der Waals surface area contributed by atoms with Gasteiger partial charge in [0.15, 0.2) is 0 Å². The van der Waals surface area contributed by atoms with Crippen molar-refractivity contribution in [3.63, 3.8) is 0 Å². The predicted molar refractivity (Wildman–Crippen MR) is 88.8 cm³/mol. The highest BCUT2D eigenvalue weighted by atomic mass is 35.5. The molecular formula is C15H13Cl2NO2S. The Balaban J connectivity index is 1.91. The summed E-state index contributed by atoms with van der Waals surface area (Å²) in [6.07, 6.45) is 0. The molecule has 0 fully saturated rings. The van der Waals surface area contributed by atoms with Crippen LogP contribution in [-0.4, -0.2) is 18.8 Å². The number of hydrogen-bond acceptors (Lipinski definition) is 3. The Morgan fingerprint density at radius 3 is 2.57 bits per heavy atom. The number of ether oxygens (including phenoxy) is 1. The summed E-state index contributed by atoms with van der Waals surface area (Å²) < 4.78 is 5.06. The Hall–Kier alpha value is -1.36. The summed E-state index contributed by atoms with van der Waals surface area (Å²) in [5.41, 5.74) is 0.721. The van der Waals surface area contributed by atoms with Gasteiger partial charge in [-0.3, -0.25) is 4.79 Å². The third-order valence-electron chi connectivity index (χ3n) is 2.63. The van der Waals surface area contributed by atoms with E-state index in [1.54, 1.807) is 49.6 Å². The molecule has 0 heterocycles. The first kappa shape index (κ1) is 16.0. The van der Waals surface area contributed by atoms with Crippen LogP contribution in [0, 0.1) is 0 Å². The highest BCUT2D eigenvalue weighted by Gasteiger charge is 2.07. The van der Waals surface area contributed by atoms with Crippen molar-refractivity contribution in [2.24, 2.45) is 0 Å². The van der Waals surface area contributed by atoms with Crippen molar-refractivity contribution in [3.8, 4) is 5.75 Å². The van der Waals surface area contributed by atoms with Gasteiger partial charge < -0.3 is 10.1 Å². The normalized spacial score (nSPS) is 10.2. The maximum atomic E-state index is 11.9. The fraction of sp³-hybridized carbons (Fsp3) is 0.133.